The summed E-state index contributed by atoms with van der Waals surface area (Å²) in [6.07, 6.45) is 3.55. The summed E-state index contributed by atoms with van der Waals surface area (Å²) in [5, 5.41) is 7.74. The number of aromatic nitrogens is 2. The van der Waals surface area contributed by atoms with Gasteiger partial charge in [0, 0.05) is 32.3 Å². The van der Waals surface area contributed by atoms with Crippen molar-refractivity contribution in [2.75, 3.05) is 14.2 Å². The van der Waals surface area contributed by atoms with Gasteiger partial charge < -0.3 is 10.1 Å². The molecule has 0 aliphatic carbocycles. The van der Waals surface area contributed by atoms with E-state index >= 15 is 0 Å². The minimum Gasteiger partial charge on any atom is -0.382 e. The molecule has 0 bridgehead atoms. The van der Waals surface area contributed by atoms with E-state index in [9.17, 15) is 0 Å². The van der Waals surface area contributed by atoms with E-state index in [-0.39, 0.29) is 0 Å². The van der Waals surface area contributed by atoms with Gasteiger partial charge in [-0.05, 0) is 39.8 Å². The highest BCUT2D eigenvalue weighted by Crippen LogP contribution is 2.10. The summed E-state index contributed by atoms with van der Waals surface area (Å²) in [5.41, 5.74) is 2.37. The molecule has 0 fully saturated rings. The first-order chi connectivity index (χ1) is 8.06. The fourth-order valence-corrected chi connectivity index (χ4v) is 2.01. The van der Waals surface area contributed by atoms with Crippen molar-refractivity contribution >= 4 is 0 Å². The molecule has 0 aliphatic heterocycles. The maximum Gasteiger partial charge on any atom is 0.0596 e. The Bertz CT molecular complexity index is 335. The molecule has 17 heavy (non-hydrogen) atoms. The maximum atomic E-state index is 5.28. The smallest absolute Gasteiger partial charge is 0.0596 e. The monoisotopic (exact) mass is 239 g/mol. The second-order valence-electron chi connectivity index (χ2n) is 4.71. The van der Waals surface area contributed by atoms with E-state index in [1.165, 1.54) is 5.69 Å². The average molecular weight is 239 g/mol. The highest BCUT2D eigenvalue weighted by atomic mass is 16.5. The molecule has 1 N–H and O–H groups in total. The summed E-state index contributed by atoms with van der Waals surface area (Å²) >= 11 is 0. The second-order valence-corrected chi connectivity index (χ2v) is 4.71. The highest BCUT2D eigenvalue weighted by molar-refractivity contribution is 5.10. The number of aryl methyl sites for hydroxylation is 2. The van der Waals surface area contributed by atoms with Crippen LogP contribution in [0.4, 0.5) is 0 Å². The number of likely N-dealkylation sites (N-methyl/N-ethyl adjacent to an activating group) is 1. The largest absolute Gasteiger partial charge is 0.382 e. The molecular formula is C13H25N3O. The Balaban J connectivity index is 2.49. The van der Waals surface area contributed by atoms with Crippen LogP contribution in [0.1, 0.15) is 31.2 Å². The molecule has 1 heterocycles. The summed E-state index contributed by atoms with van der Waals surface area (Å²) in [6, 6.07) is 2.65. The van der Waals surface area contributed by atoms with Gasteiger partial charge in [-0.15, -0.1) is 0 Å². The summed E-state index contributed by atoms with van der Waals surface area (Å²) < 4.78 is 7.25. The van der Waals surface area contributed by atoms with E-state index in [0.717, 1.165) is 25.0 Å². The van der Waals surface area contributed by atoms with Crippen LogP contribution in [-0.2, 0) is 18.2 Å². The molecule has 0 amide bonds. The molecule has 2 unspecified atom stereocenters. The SMILES string of the molecule is CNC(CCC(C)OC)Cc1cc(C)nn1C. The molecule has 1 rings (SSSR count). The van der Waals surface area contributed by atoms with Crippen LogP contribution < -0.4 is 5.32 Å². The zero-order chi connectivity index (χ0) is 12.8. The lowest BCUT2D eigenvalue weighted by Gasteiger charge is -2.18. The fraction of sp³-hybridized carbons (Fsp3) is 0.769. The van der Waals surface area contributed by atoms with Crippen LogP contribution in [0.15, 0.2) is 6.07 Å². The van der Waals surface area contributed by atoms with E-state index < -0.39 is 0 Å². The van der Waals surface area contributed by atoms with E-state index in [1.54, 1.807) is 7.11 Å². The van der Waals surface area contributed by atoms with Crippen LogP contribution in [0.2, 0.25) is 0 Å². The van der Waals surface area contributed by atoms with Crippen LogP contribution in [0.5, 0.6) is 0 Å². The second kappa shape index (κ2) is 6.77. The molecule has 98 valence electrons. The van der Waals surface area contributed by atoms with Crippen molar-refractivity contribution in [3.05, 3.63) is 17.5 Å². The van der Waals surface area contributed by atoms with Gasteiger partial charge in [-0.25, -0.2) is 0 Å². The minimum atomic E-state index is 0.333. The third kappa shape index (κ3) is 4.48. The minimum absolute atomic E-state index is 0.333. The number of hydrogen-bond acceptors (Lipinski definition) is 3. The molecule has 4 nitrogen and oxygen atoms in total. The standard InChI is InChI=1S/C13H25N3O/c1-10-8-13(16(4)15-10)9-12(14-3)7-6-11(2)17-5/h8,11-12,14H,6-7,9H2,1-5H3. The van der Waals surface area contributed by atoms with Gasteiger partial charge in [-0.1, -0.05) is 0 Å². The van der Waals surface area contributed by atoms with Crippen LogP contribution in [0, 0.1) is 6.92 Å². The summed E-state index contributed by atoms with van der Waals surface area (Å²) in [4.78, 5) is 0. The van der Waals surface area contributed by atoms with Crippen molar-refractivity contribution in [2.45, 2.75) is 45.3 Å². The Kier molecular flexibility index (Phi) is 5.65. The number of rotatable bonds is 7. The van der Waals surface area contributed by atoms with Crippen molar-refractivity contribution < 1.29 is 4.74 Å². The number of nitrogens with zero attached hydrogens (tertiary/aromatic N) is 2. The molecule has 0 radical (unpaired) electrons. The van der Waals surface area contributed by atoms with E-state index in [0.29, 0.717) is 12.1 Å². The average Bonchev–Trinajstić information content (AvgIpc) is 2.62. The first kappa shape index (κ1) is 14.2. The normalized spacial score (nSPS) is 14.9. The Morgan fingerprint density at radius 2 is 2.18 bits per heavy atom. The van der Waals surface area contributed by atoms with Gasteiger partial charge >= 0.3 is 0 Å². The van der Waals surface area contributed by atoms with Gasteiger partial charge in [-0.3, -0.25) is 4.68 Å². The maximum absolute atomic E-state index is 5.28. The van der Waals surface area contributed by atoms with Crippen LogP contribution in [-0.4, -0.2) is 36.1 Å². The Hall–Kier alpha value is -0.870. The Morgan fingerprint density at radius 1 is 1.47 bits per heavy atom. The van der Waals surface area contributed by atoms with Crippen molar-refractivity contribution in [3.8, 4) is 0 Å². The lowest BCUT2D eigenvalue weighted by atomic mass is 10.0. The summed E-state index contributed by atoms with van der Waals surface area (Å²) in [5.74, 6) is 0. The number of hydrogen-bond donors (Lipinski definition) is 1. The van der Waals surface area contributed by atoms with E-state index in [1.807, 2.05) is 25.7 Å². The predicted octanol–water partition coefficient (Wildman–Crippen LogP) is 1.67. The van der Waals surface area contributed by atoms with Crippen LogP contribution in [0.25, 0.3) is 0 Å². The topological polar surface area (TPSA) is 39.1 Å². The third-order valence-corrected chi connectivity index (χ3v) is 3.29. The molecule has 0 saturated carbocycles. The highest BCUT2D eigenvalue weighted by Gasteiger charge is 2.12. The van der Waals surface area contributed by atoms with E-state index in [2.05, 4.69) is 23.4 Å². The van der Waals surface area contributed by atoms with E-state index in [4.69, 9.17) is 4.74 Å². The molecule has 0 saturated heterocycles. The zero-order valence-corrected chi connectivity index (χ0v) is 11.7. The number of methoxy groups -OCH3 is 1. The Labute approximate surface area is 104 Å². The third-order valence-electron chi connectivity index (χ3n) is 3.29. The van der Waals surface area contributed by atoms with Gasteiger partial charge in [0.25, 0.3) is 0 Å². The van der Waals surface area contributed by atoms with Gasteiger partial charge in [0.2, 0.25) is 0 Å². The van der Waals surface area contributed by atoms with Crippen molar-refractivity contribution in [1.82, 2.24) is 15.1 Å². The summed E-state index contributed by atoms with van der Waals surface area (Å²) in [7, 11) is 5.79. The summed E-state index contributed by atoms with van der Waals surface area (Å²) in [6.45, 7) is 4.14. The molecular weight excluding hydrogens is 214 g/mol. The molecule has 4 heteroatoms. The number of ether oxygens (including phenoxy) is 1. The predicted molar refractivity (Wildman–Crippen MR) is 70.2 cm³/mol. The molecule has 2 atom stereocenters. The van der Waals surface area contributed by atoms with Crippen molar-refractivity contribution in [1.29, 1.82) is 0 Å². The number of nitrogens with one attached hydrogen (secondary N) is 1. The zero-order valence-electron chi connectivity index (χ0n) is 11.7. The van der Waals surface area contributed by atoms with Gasteiger partial charge in [0.1, 0.15) is 0 Å². The quantitative estimate of drug-likeness (QED) is 0.787. The van der Waals surface area contributed by atoms with Crippen LogP contribution >= 0.6 is 0 Å². The molecule has 0 aliphatic rings. The first-order valence-corrected chi connectivity index (χ1v) is 6.26. The fourth-order valence-electron chi connectivity index (χ4n) is 2.01. The van der Waals surface area contributed by atoms with Crippen molar-refractivity contribution in [3.63, 3.8) is 0 Å². The van der Waals surface area contributed by atoms with Crippen LogP contribution in [0.3, 0.4) is 0 Å². The molecule has 0 spiro atoms. The first-order valence-electron chi connectivity index (χ1n) is 6.26. The molecule has 1 aromatic rings. The Morgan fingerprint density at radius 3 is 2.65 bits per heavy atom. The van der Waals surface area contributed by atoms with Gasteiger partial charge in [0.05, 0.1) is 11.8 Å². The van der Waals surface area contributed by atoms with Gasteiger partial charge in [0.15, 0.2) is 0 Å². The van der Waals surface area contributed by atoms with Gasteiger partial charge in [-0.2, -0.15) is 5.10 Å². The lowest BCUT2D eigenvalue weighted by Crippen LogP contribution is -2.29. The lowest BCUT2D eigenvalue weighted by molar-refractivity contribution is 0.106. The van der Waals surface area contributed by atoms with Crippen molar-refractivity contribution in [2.24, 2.45) is 7.05 Å². The molecule has 0 aromatic carbocycles. The molecule has 1 aromatic heterocycles.